The van der Waals surface area contributed by atoms with E-state index in [1.54, 1.807) is 18.2 Å². The summed E-state index contributed by atoms with van der Waals surface area (Å²) < 4.78 is 25.2. The monoisotopic (exact) mass is 426 g/mol. The van der Waals surface area contributed by atoms with Gasteiger partial charge >= 0.3 is 6.03 Å². The maximum atomic E-state index is 12.6. The second kappa shape index (κ2) is 8.39. The standard InChI is InChI=1S/C22H26N4O3S/c1-30(28,29)25-18-6-4-5-16(13-18)14-24-22(27)26-11-9-17(10-12-26)20-15-23-21-8-3-2-7-19(20)21/h2-8,13,15,17,23,25H,9-12,14H2,1H3,(H,24,27). The van der Waals surface area contributed by atoms with Crippen LogP contribution in [0.3, 0.4) is 0 Å². The Morgan fingerprint density at radius 2 is 1.90 bits per heavy atom. The van der Waals surface area contributed by atoms with Gasteiger partial charge in [0.15, 0.2) is 0 Å². The zero-order chi connectivity index (χ0) is 21.1. The summed E-state index contributed by atoms with van der Waals surface area (Å²) in [5.74, 6) is 0.448. The molecule has 0 unspecified atom stereocenters. The van der Waals surface area contributed by atoms with Gasteiger partial charge in [0.25, 0.3) is 0 Å². The molecule has 1 saturated heterocycles. The summed E-state index contributed by atoms with van der Waals surface area (Å²) in [5, 5.41) is 4.21. The Labute approximate surface area is 176 Å². The second-order valence-electron chi connectivity index (χ2n) is 7.78. The molecule has 1 aliphatic rings. The van der Waals surface area contributed by atoms with Crippen molar-refractivity contribution in [1.29, 1.82) is 0 Å². The summed E-state index contributed by atoms with van der Waals surface area (Å²) in [5.41, 5.74) is 3.82. The Hall–Kier alpha value is -3.00. The van der Waals surface area contributed by atoms with E-state index in [9.17, 15) is 13.2 Å². The molecule has 0 spiro atoms. The highest BCUT2D eigenvalue weighted by atomic mass is 32.2. The van der Waals surface area contributed by atoms with Crippen LogP contribution < -0.4 is 10.0 Å². The Morgan fingerprint density at radius 3 is 2.67 bits per heavy atom. The minimum absolute atomic E-state index is 0.0890. The topological polar surface area (TPSA) is 94.3 Å². The molecule has 8 heteroatoms. The normalized spacial score (nSPS) is 15.3. The molecule has 7 nitrogen and oxygen atoms in total. The van der Waals surface area contributed by atoms with Crippen LogP contribution in [0.1, 0.15) is 29.9 Å². The fourth-order valence-corrected chi connectivity index (χ4v) is 4.63. The van der Waals surface area contributed by atoms with Gasteiger partial charge in [0.05, 0.1) is 6.26 Å². The van der Waals surface area contributed by atoms with Crippen LogP contribution in [-0.4, -0.2) is 43.7 Å². The van der Waals surface area contributed by atoms with Gasteiger partial charge in [-0.25, -0.2) is 13.2 Å². The number of carbonyl (C=O) groups is 1. The first-order valence-electron chi connectivity index (χ1n) is 10.0. The highest BCUT2D eigenvalue weighted by molar-refractivity contribution is 7.92. The van der Waals surface area contributed by atoms with Crippen molar-refractivity contribution < 1.29 is 13.2 Å². The minimum Gasteiger partial charge on any atom is -0.361 e. The van der Waals surface area contributed by atoms with Crippen molar-refractivity contribution in [2.75, 3.05) is 24.1 Å². The van der Waals surface area contributed by atoms with Gasteiger partial charge in [0.1, 0.15) is 0 Å². The highest BCUT2D eigenvalue weighted by Crippen LogP contribution is 2.33. The minimum atomic E-state index is -3.33. The molecule has 30 heavy (non-hydrogen) atoms. The van der Waals surface area contributed by atoms with Gasteiger partial charge in [0.2, 0.25) is 10.0 Å². The molecule has 0 atom stereocenters. The lowest BCUT2D eigenvalue weighted by Gasteiger charge is -2.32. The van der Waals surface area contributed by atoms with Crippen molar-refractivity contribution in [3.63, 3.8) is 0 Å². The maximum Gasteiger partial charge on any atom is 0.317 e. The molecule has 2 heterocycles. The molecule has 1 fully saturated rings. The van der Waals surface area contributed by atoms with Crippen LogP contribution in [0.5, 0.6) is 0 Å². The molecule has 1 aromatic heterocycles. The predicted molar refractivity (Wildman–Crippen MR) is 119 cm³/mol. The number of H-pyrrole nitrogens is 1. The van der Waals surface area contributed by atoms with Crippen LogP contribution in [0.15, 0.2) is 54.7 Å². The van der Waals surface area contributed by atoms with E-state index in [4.69, 9.17) is 0 Å². The number of amides is 2. The number of hydrogen-bond donors (Lipinski definition) is 3. The van der Waals surface area contributed by atoms with Crippen LogP contribution in [0.25, 0.3) is 10.9 Å². The number of urea groups is 1. The molecule has 2 amide bonds. The number of benzene rings is 2. The van der Waals surface area contributed by atoms with E-state index < -0.39 is 10.0 Å². The first-order valence-corrected chi connectivity index (χ1v) is 11.9. The number of fused-ring (bicyclic) bond motifs is 1. The predicted octanol–water partition coefficient (Wildman–Crippen LogP) is 3.63. The summed E-state index contributed by atoms with van der Waals surface area (Å²) in [6.07, 6.45) is 5.08. The van der Waals surface area contributed by atoms with Crippen LogP contribution in [0.4, 0.5) is 10.5 Å². The van der Waals surface area contributed by atoms with E-state index in [0.717, 1.165) is 30.2 Å². The fraction of sp³-hybridized carbons (Fsp3) is 0.318. The van der Waals surface area contributed by atoms with Crippen molar-refractivity contribution in [1.82, 2.24) is 15.2 Å². The SMILES string of the molecule is CS(=O)(=O)Nc1cccc(CNC(=O)N2CCC(c3c[nH]c4ccccc34)CC2)c1. The molecule has 0 radical (unpaired) electrons. The molecule has 158 valence electrons. The van der Waals surface area contributed by atoms with Crippen molar-refractivity contribution in [3.05, 3.63) is 65.9 Å². The average Bonchev–Trinajstić information content (AvgIpc) is 3.15. The zero-order valence-corrected chi connectivity index (χ0v) is 17.7. The summed E-state index contributed by atoms with van der Waals surface area (Å²) in [4.78, 5) is 17.8. The van der Waals surface area contributed by atoms with Crippen molar-refractivity contribution in [2.24, 2.45) is 0 Å². The molecule has 4 rings (SSSR count). The van der Waals surface area contributed by atoms with Gasteiger partial charge in [-0.2, -0.15) is 0 Å². The number of rotatable bonds is 5. The van der Waals surface area contributed by atoms with Crippen LogP contribution >= 0.6 is 0 Å². The summed E-state index contributed by atoms with van der Waals surface area (Å²) in [6, 6.07) is 15.3. The highest BCUT2D eigenvalue weighted by Gasteiger charge is 2.25. The van der Waals surface area contributed by atoms with Gasteiger partial charge in [-0.15, -0.1) is 0 Å². The number of likely N-dealkylation sites (tertiary alicyclic amines) is 1. The lowest BCUT2D eigenvalue weighted by atomic mass is 9.89. The number of aromatic nitrogens is 1. The third kappa shape index (κ3) is 4.76. The number of hydrogen-bond acceptors (Lipinski definition) is 3. The van der Waals surface area contributed by atoms with Crippen LogP contribution in [-0.2, 0) is 16.6 Å². The second-order valence-corrected chi connectivity index (χ2v) is 9.53. The summed E-state index contributed by atoms with van der Waals surface area (Å²) in [7, 11) is -3.33. The largest absolute Gasteiger partial charge is 0.361 e. The fourth-order valence-electron chi connectivity index (χ4n) is 4.07. The Morgan fingerprint density at radius 1 is 1.13 bits per heavy atom. The molecule has 0 aliphatic carbocycles. The van der Waals surface area contributed by atoms with E-state index in [2.05, 4.69) is 39.4 Å². The lowest BCUT2D eigenvalue weighted by molar-refractivity contribution is 0.181. The number of piperidine rings is 1. The number of aromatic amines is 1. The van der Waals surface area contributed by atoms with Gasteiger partial charge in [-0.1, -0.05) is 30.3 Å². The molecule has 1 aliphatic heterocycles. The van der Waals surface area contributed by atoms with Gasteiger partial charge in [-0.05, 0) is 48.1 Å². The summed E-state index contributed by atoms with van der Waals surface area (Å²) in [6.45, 7) is 1.78. The van der Waals surface area contributed by atoms with Crippen molar-refractivity contribution >= 4 is 32.6 Å². The molecule has 3 N–H and O–H groups in total. The first-order chi connectivity index (χ1) is 14.4. The maximum absolute atomic E-state index is 12.6. The number of sulfonamides is 1. The van der Waals surface area contributed by atoms with Crippen molar-refractivity contribution in [2.45, 2.75) is 25.3 Å². The van der Waals surface area contributed by atoms with E-state index in [-0.39, 0.29) is 6.03 Å². The third-order valence-corrected chi connectivity index (χ3v) is 6.12. The van der Waals surface area contributed by atoms with Gasteiger partial charge in [0, 0.05) is 42.4 Å². The van der Waals surface area contributed by atoms with E-state index in [1.165, 1.54) is 10.9 Å². The molecule has 3 aromatic rings. The van der Waals surface area contributed by atoms with Crippen LogP contribution in [0, 0.1) is 0 Å². The smallest absolute Gasteiger partial charge is 0.317 e. The zero-order valence-electron chi connectivity index (χ0n) is 16.9. The number of para-hydroxylation sites is 1. The van der Waals surface area contributed by atoms with Gasteiger partial charge < -0.3 is 15.2 Å². The van der Waals surface area contributed by atoms with Gasteiger partial charge in [-0.3, -0.25) is 4.72 Å². The number of anilines is 1. The van der Waals surface area contributed by atoms with Crippen LogP contribution in [0.2, 0.25) is 0 Å². The van der Waals surface area contributed by atoms with E-state index >= 15 is 0 Å². The lowest BCUT2D eigenvalue weighted by Crippen LogP contribution is -2.43. The molecular weight excluding hydrogens is 400 g/mol. The Kier molecular flexibility index (Phi) is 5.67. The quantitative estimate of drug-likeness (QED) is 0.581. The number of carbonyl (C=O) groups excluding carboxylic acids is 1. The Balaban J connectivity index is 1.31. The summed E-state index contributed by atoms with van der Waals surface area (Å²) >= 11 is 0. The first kappa shape index (κ1) is 20.3. The average molecular weight is 427 g/mol. The Bertz CT molecular complexity index is 1150. The molecule has 2 aromatic carbocycles. The molecule has 0 bridgehead atoms. The number of nitrogens with one attached hydrogen (secondary N) is 3. The molecular formula is C22H26N4O3S. The van der Waals surface area contributed by atoms with E-state index in [1.807, 2.05) is 17.0 Å². The molecule has 0 saturated carbocycles. The third-order valence-electron chi connectivity index (χ3n) is 5.52. The number of nitrogens with zero attached hydrogens (tertiary/aromatic N) is 1. The van der Waals surface area contributed by atoms with Crippen molar-refractivity contribution in [3.8, 4) is 0 Å². The van der Waals surface area contributed by atoms with E-state index in [0.29, 0.717) is 31.2 Å².